The van der Waals surface area contributed by atoms with Gasteiger partial charge in [-0.1, -0.05) is 19.9 Å². The molecule has 4 N–H and O–H groups in total. The second kappa shape index (κ2) is 23.2. The van der Waals surface area contributed by atoms with Crippen molar-refractivity contribution in [1.29, 1.82) is 0 Å². The van der Waals surface area contributed by atoms with E-state index in [9.17, 15) is 5.11 Å². The fourth-order valence-corrected chi connectivity index (χ4v) is 1.55. The molecular weight excluding hydrogens is 256 g/mol. The van der Waals surface area contributed by atoms with Crippen LogP contribution in [0.1, 0.15) is 46.5 Å². The Labute approximate surface area is 124 Å². The first-order valence-electron chi connectivity index (χ1n) is 7.36. The van der Waals surface area contributed by atoms with E-state index in [0.717, 1.165) is 13.0 Å². The van der Waals surface area contributed by atoms with Crippen molar-refractivity contribution in [3.05, 3.63) is 12.7 Å². The lowest BCUT2D eigenvalue weighted by atomic mass is 10.1. The highest BCUT2D eigenvalue weighted by Gasteiger charge is 2.17. The van der Waals surface area contributed by atoms with Gasteiger partial charge in [0.25, 0.3) is 0 Å². The number of aliphatic hydroxyl groups excluding tert-OH is 2. The molecule has 1 saturated heterocycles. The standard InChI is InChI=1S/C8H17NO2.C3H6.C2H5NO.C2H6/c10-5-3-8(11)6-7-2-1-4-9-7;1-3-2;1-3-2-4;1-2/h7-11H,1-6H2;3H,1H2,2H3;2H,1H3,(H,3,4);1-2H3. The predicted molar refractivity (Wildman–Crippen MR) is 85.7 cm³/mol. The van der Waals surface area contributed by atoms with E-state index in [1.165, 1.54) is 12.8 Å². The van der Waals surface area contributed by atoms with Gasteiger partial charge in [0, 0.05) is 19.7 Å². The van der Waals surface area contributed by atoms with Crippen LogP contribution < -0.4 is 10.6 Å². The number of rotatable bonds is 5. The van der Waals surface area contributed by atoms with E-state index in [0.29, 0.717) is 18.9 Å². The highest BCUT2D eigenvalue weighted by atomic mass is 16.3. The normalized spacial score (nSPS) is 17.0. The fourth-order valence-electron chi connectivity index (χ4n) is 1.55. The summed E-state index contributed by atoms with van der Waals surface area (Å²) in [7, 11) is 1.56. The van der Waals surface area contributed by atoms with E-state index in [-0.39, 0.29) is 12.7 Å². The Kier molecular flexibility index (Phi) is 28.0. The molecular formula is C15H34N2O3. The average Bonchev–Trinajstić information content (AvgIpc) is 2.95. The van der Waals surface area contributed by atoms with Crippen LogP contribution in [0.4, 0.5) is 0 Å². The highest BCUT2D eigenvalue weighted by molar-refractivity contribution is 5.44. The van der Waals surface area contributed by atoms with E-state index in [4.69, 9.17) is 9.90 Å². The minimum atomic E-state index is -0.324. The molecule has 1 aliphatic rings. The van der Waals surface area contributed by atoms with Gasteiger partial charge in [0.1, 0.15) is 0 Å². The number of nitrogens with one attached hydrogen (secondary N) is 2. The van der Waals surface area contributed by atoms with Gasteiger partial charge in [-0.25, -0.2) is 0 Å². The van der Waals surface area contributed by atoms with Crippen LogP contribution in [0.3, 0.4) is 0 Å². The van der Waals surface area contributed by atoms with Gasteiger partial charge in [-0.05, 0) is 39.2 Å². The van der Waals surface area contributed by atoms with Crippen molar-refractivity contribution in [3.8, 4) is 0 Å². The average molecular weight is 290 g/mol. The van der Waals surface area contributed by atoms with Gasteiger partial charge in [-0.15, -0.1) is 6.58 Å². The van der Waals surface area contributed by atoms with E-state index < -0.39 is 0 Å². The summed E-state index contributed by atoms with van der Waals surface area (Å²) in [4.78, 5) is 9.06. The summed E-state index contributed by atoms with van der Waals surface area (Å²) in [5.41, 5.74) is 0. The Hall–Kier alpha value is -0.910. The van der Waals surface area contributed by atoms with Crippen molar-refractivity contribution in [2.24, 2.45) is 0 Å². The molecule has 1 amide bonds. The van der Waals surface area contributed by atoms with Gasteiger partial charge in [-0.3, -0.25) is 4.79 Å². The molecule has 0 radical (unpaired) electrons. The van der Waals surface area contributed by atoms with Gasteiger partial charge in [0.15, 0.2) is 0 Å². The zero-order chi connectivity index (χ0) is 16.2. The van der Waals surface area contributed by atoms with Crippen molar-refractivity contribution in [1.82, 2.24) is 10.6 Å². The van der Waals surface area contributed by atoms with Gasteiger partial charge < -0.3 is 20.8 Å². The SMILES string of the molecule is C=CC.CC.CNC=O.OCCC(O)CC1CCCN1. The number of allylic oxidation sites excluding steroid dienone is 1. The number of aliphatic hydroxyl groups is 2. The van der Waals surface area contributed by atoms with Crippen molar-refractivity contribution in [2.75, 3.05) is 20.2 Å². The number of carbonyl (C=O) groups excluding carboxylic acids is 1. The van der Waals surface area contributed by atoms with Crippen LogP contribution in [0.15, 0.2) is 12.7 Å². The Morgan fingerprint density at radius 3 is 2.30 bits per heavy atom. The third-order valence-corrected chi connectivity index (χ3v) is 2.30. The summed E-state index contributed by atoms with van der Waals surface area (Å²) in [5.74, 6) is 0. The lowest BCUT2D eigenvalue weighted by Crippen LogP contribution is -2.27. The molecule has 5 heteroatoms. The monoisotopic (exact) mass is 290 g/mol. The number of amides is 1. The molecule has 1 fully saturated rings. The first-order valence-corrected chi connectivity index (χ1v) is 7.36. The molecule has 0 aromatic carbocycles. The number of carbonyl (C=O) groups is 1. The van der Waals surface area contributed by atoms with E-state index >= 15 is 0 Å². The maximum atomic E-state index is 9.31. The second-order valence-electron chi connectivity index (χ2n) is 4.01. The Bertz CT molecular complexity index is 184. The van der Waals surface area contributed by atoms with E-state index in [2.05, 4.69) is 17.2 Å². The van der Waals surface area contributed by atoms with Gasteiger partial charge in [0.2, 0.25) is 6.41 Å². The van der Waals surface area contributed by atoms with Crippen LogP contribution in [0.5, 0.6) is 0 Å². The quantitative estimate of drug-likeness (QED) is 0.456. The molecule has 0 spiro atoms. The summed E-state index contributed by atoms with van der Waals surface area (Å²) >= 11 is 0. The zero-order valence-electron chi connectivity index (χ0n) is 13.6. The molecule has 0 bridgehead atoms. The van der Waals surface area contributed by atoms with Gasteiger partial charge in [0.05, 0.1) is 6.10 Å². The van der Waals surface area contributed by atoms with Gasteiger partial charge in [-0.2, -0.15) is 0 Å². The first kappa shape index (κ1) is 24.1. The lowest BCUT2D eigenvalue weighted by molar-refractivity contribution is -0.109. The summed E-state index contributed by atoms with van der Waals surface area (Å²) < 4.78 is 0. The Morgan fingerprint density at radius 1 is 1.50 bits per heavy atom. The van der Waals surface area contributed by atoms with Crippen molar-refractivity contribution in [2.45, 2.75) is 58.6 Å². The molecule has 0 aromatic heterocycles. The third kappa shape index (κ3) is 22.3. The number of hydrogen-bond acceptors (Lipinski definition) is 4. The molecule has 122 valence electrons. The van der Waals surface area contributed by atoms with Gasteiger partial charge >= 0.3 is 0 Å². The molecule has 2 unspecified atom stereocenters. The largest absolute Gasteiger partial charge is 0.396 e. The molecule has 0 aliphatic carbocycles. The van der Waals surface area contributed by atoms with E-state index in [1.54, 1.807) is 13.1 Å². The van der Waals surface area contributed by atoms with Crippen LogP contribution in [-0.2, 0) is 4.79 Å². The van der Waals surface area contributed by atoms with Crippen LogP contribution in [0.25, 0.3) is 0 Å². The minimum Gasteiger partial charge on any atom is -0.396 e. The molecule has 0 aromatic rings. The maximum absolute atomic E-state index is 9.31. The molecule has 1 aliphatic heterocycles. The zero-order valence-corrected chi connectivity index (χ0v) is 13.6. The minimum absolute atomic E-state index is 0.0912. The molecule has 2 atom stereocenters. The van der Waals surface area contributed by atoms with Crippen LogP contribution >= 0.6 is 0 Å². The second-order valence-corrected chi connectivity index (χ2v) is 4.01. The van der Waals surface area contributed by atoms with Crippen molar-refractivity contribution >= 4 is 6.41 Å². The van der Waals surface area contributed by atoms with Crippen LogP contribution in [-0.4, -0.2) is 49.0 Å². The maximum Gasteiger partial charge on any atom is 0.206 e. The van der Waals surface area contributed by atoms with Crippen molar-refractivity contribution in [3.63, 3.8) is 0 Å². The first-order chi connectivity index (χ1) is 9.65. The Balaban J connectivity index is -0.000000269. The predicted octanol–water partition coefficient (Wildman–Crippen LogP) is 1.45. The topological polar surface area (TPSA) is 81.6 Å². The fraction of sp³-hybridized carbons (Fsp3) is 0.800. The lowest BCUT2D eigenvalue weighted by Gasteiger charge is -2.14. The molecule has 1 rings (SSSR count). The van der Waals surface area contributed by atoms with Crippen LogP contribution in [0, 0.1) is 0 Å². The summed E-state index contributed by atoms with van der Waals surface area (Å²) in [6.07, 6.45) is 5.74. The summed E-state index contributed by atoms with van der Waals surface area (Å²) in [6.45, 7) is 10.4. The molecule has 20 heavy (non-hydrogen) atoms. The smallest absolute Gasteiger partial charge is 0.206 e. The van der Waals surface area contributed by atoms with Crippen molar-refractivity contribution < 1.29 is 15.0 Å². The molecule has 1 heterocycles. The molecule has 0 saturated carbocycles. The summed E-state index contributed by atoms with van der Waals surface area (Å²) in [6, 6.07) is 0.483. The number of hydrogen-bond donors (Lipinski definition) is 4. The Morgan fingerprint density at radius 2 is 2.00 bits per heavy atom. The summed E-state index contributed by atoms with van der Waals surface area (Å²) in [5, 5.41) is 23.4. The third-order valence-electron chi connectivity index (χ3n) is 2.30. The molecule has 5 nitrogen and oxygen atoms in total. The van der Waals surface area contributed by atoms with E-state index in [1.807, 2.05) is 20.8 Å². The highest BCUT2D eigenvalue weighted by Crippen LogP contribution is 2.12. The van der Waals surface area contributed by atoms with Crippen LogP contribution in [0.2, 0.25) is 0 Å².